The second-order valence-corrected chi connectivity index (χ2v) is 9.63. The lowest BCUT2D eigenvalue weighted by molar-refractivity contribution is -0.118. The van der Waals surface area contributed by atoms with Gasteiger partial charge >= 0.3 is 0 Å². The molecule has 32 heavy (non-hydrogen) atoms. The van der Waals surface area contributed by atoms with Gasteiger partial charge in [0.05, 0.1) is 17.1 Å². The van der Waals surface area contributed by atoms with E-state index in [2.05, 4.69) is 15.4 Å². The SMILES string of the molecule is CCOc1ccccc1C(=O)NC(C(=O)Nc1ccc(S(=O)(=O)NC(C)C)cc1)C(C)C. The number of sulfonamides is 1. The summed E-state index contributed by atoms with van der Waals surface area (Å²) >= 11 is 0. The second kappa shape index (κ2) is 11.1. The topological polar surface area (TPSA) is 114 Å². The molecule has 1 atom stereocenters. The van der Waals surface area contributed by atoms with Gasteiger partial charge in [-0.15, -0.1) is 0 Å². The van der Waals surface area contributed by atoms with E-state index in [9.17, 15) is 18.0 Å². The summed E-state index contributed by atoms with van der Waals surface area (Å²) in [6.07, 6.45) is 0. The standard InChI is InChI=1S/C23H31N3O5S/c1-6-31-20-10-8-7-9-19(20)22(27)25-21(15(2)3)23(28)24-17-11-13-18(14-12-17)32(29,30)26-16(4)5/h7-16,21,26H,6H2,1-5H3,(H,24,28)(H,25,27). The molecule has 8 nitrogen and oxygen atoms in total. The largest absolute Gasteiger partial charge is 0.493 e. The molecule has 2 amide bonds. The number of carbonyl (C=O) groups excluding carboxylic acids is 2. The van der Waals surface area contributed by atoms with Crippen LogP contribution in [0, 0.1) is 5.92 Å². The van der Waals surface area contributed by atoms with E-state index in [-0.39, 0.29) is 16.9 Å². The van der Waals surface area contributed by atoms with Crippen LogP contribution in [0.5, 0.6) is 5.75 Å². The van der Waals surface area contributed by atoms with Gasteiger partial charge in [-0.25, -0.2) is 13.1 Å². The molecule has 0 aliphatic carbocycles. The van der Waals surface area contributed by atoms with Crippen LogP contribution in [0.1, 0.15) is 45.0 Å². The molecule has 174 valence electrons. The normalized spacial score (nSPS) is 12.5. The van der Waals surface area contributed by atoms with Crippen molar-refractivity contribution < 1.29 is 22.7 Å². The van der Waals surface area contributed by atoms with Crippen molar-refractivity contribution in [2.24, 2.45) is 5.92 Å². The van der Waals surface area contributed by atoms with Crippen LogP contribution in [0.2, 0.25) is 0 Å². The first-order chi connectivity index (χ1) is 15.0. The first-order valence-corrected chi connectivity index (χ1v) is 12.0. The Morgan fingerprint density at radius 3 is 2.16 bits per heavy atom. The summed E-state index contributed by atoms with van der Waals surface area (Å²) < 4.78 is 32.5. The predicted molar refractivity (Wildman–Crippen MR) is 124 cm³/mol. The highest BCUT2D eigenvalue weighted by Gasteiger charge is 2.26. The Hall–Kier alpha value is -2.91. The van der Waals surface area contributed by atoms with Gasteiger partial charge in [0.2, 0.25) is 15.9 Å². The second-order valence-electron chi connectivity index (χ2n) is 7.91. The van der Waals surface area contributed by atoms with E-state index in [1.165, 1.54) is 24.3 Å². The van der Waals surface area contributed by atoms with E-state index in [0.29, 0.717) is 23.6 Å². The Labute approximate surface area is 189 Å². The molecule has 0 aliphatic heterocycles. The van der Waals surface area contributed by atoms with Crippen LogP contribution >= 0.6 is 0 Å². The monoisotopic (exact) mass is 461 g/mol. The fraction of sp³-hybridized carbons (Fsp3) is 0.391. The van der Waals surface area contributed by atoms with Crippen molar-refractivity contribution in [2.45, 2.75) is 51.6 Å². The number of benzene rings is 2. The van der Waals surface area contributed by atoms with Gasteiger partial charge in [-0.05, 0) is 63.1 Å². The van der Waals surface area contributed by atoms with Gasteiger partial charge in [0.15, 0.2) is 0 Å². The molecular weight excluding hydrogens is 430 g/mol. The van der Waals surface area contributed by atoms with E-state index in [1.807, 2.05) is 20.8 Å². The number of hydrogen-bond acceptors (Lipinski definition) is 5. The molecule has 0 radical (unpaired) electrons. The van der Waals surface area contributed by atoms with Crippen LogP contribution in [-0.4, -0.2) is 38.9 Å². The molecule has 0 saturated carbocycles. The van der Waals surface area contributed by atoms with E-state index >= 15 is 0 Å². The van der Waals surface area contributed by atoms with Crippen molar-refractivity contribution in [3.63, 3.8) is 0 Å². The summed E-state index contributed by atoms with van der Waals surface area (Å²) in [7, 11) is -3.62. The van der Waals surface area contributed by atoms with Crippen molar-refractivity contribution in [1.82, 2.24) is 10.0 Å². The molecule has 1 unspecified atom stereocenters. The summed E-state index contributed by atoms with van der Waals surface area (Å²) in [5.74, 6) is -0.558. The molecule has 0 spiro atoms. The first kappa shape index (κ1) is 25.4. The average Bonchev–Trinajstić information content (AvgIpc) is 2.71. The zero-order valence-electron chi connectivity index (χ0n) is 19.0. The Kier molecular flexibility index (Phi) is 8.80. The third-order valence-electron chi connectivity index (χ3n) is 4.49. The molecule has 0 fully saturated rings. The summed E-state index contributed by atoms with van der Waals surface area (Å²) in [5.41, 5.74) is 0.771. The predicted octanol–water partition coefficient (Wildman–Crippen LogP) is 3.17. The highest BCUT2D eigenvalue weighted by Crippen LogP contribution is 2.19. The Bertz CT molecular complexity index is 1030. The molecule has 0 saturated heterocycles. The summed E-state index contributed by atoms with van der Waals surface area (Å²) in [4.78, 5) is 25.8. The molecular formula is C23H31N3O5S. The van der Waals surface area contributed by atoms with E-state index < -0.39 is 27.9 Å². The quantitative estimate of drug-likeness (QED) is 0.503. The summed E-state index contributed by atoms with van der Waals surface area (Å²) in [5, 5.41) is 5.51. The van der Waals surface area contributed by atoms with Crippen molar-refractivity contribution >= 4 is 27.5 Å². The molecule has 3 N–H and O–H groups in total. The number of para-hydroxylation sites is 1. The molecule has 0 heterocycles. The minimum absolute atomic E-state index is 0.102. The molecule has 2 aromatic rings. The molecule has 2 rings (SSSR count). The lowest BCUT2D eigenvalue weighted by atomic mass is 10.0. The van der Waals surface area contributed by atoms with Crippen molar-refractivity contribution in [3.8, 4) is 5.75 Å². The molecule has 9 heteroatoms. The average molecular weight is 462 g/mol. The fourth-order valence-electron chi connectivity index (χ4n) is 3.01. The maximum Gasteiger partial charge on any atom is 0.255 e. The highest BCUT2D eigenvalue weighted by molar-refractivity contribution is 7.89. The number of anilines is 1. The van der Waals surface area contributed by atoms with E-state index in [0.717, 1.165) is 0 Å². The van der Waals surface area contributed by atoms with Crippen LogP contribution in [0.15, 0.2) is 53.4 Å². The number of rotatable bonds is 10. The summed E-state index contributed by atoms with van der Waals surface area (Å²) in [6.45, 7) is 9.36. The van der Waals surface area contributed by atoms with Gasteiger partial charge in [0.1, 0.15) is 11.8 Å². The van der Waals surface area contributed by atoms with Gasteiger partial charge in [0, 0.05) is 11.7 Å². The van der Waals surface area contributed by atoms with Gasteiger partial charge in [-0.2, -0.15) is 0 Å². The number of nitrogens with one attached hydrogen (secondary N) is 3. The van der Waals surface area contributed by atoms with Crippen molar-refractivity contribution in [1.29, 1.82) is 0 Å². The number of ether oxygens (including phenoxy) is 1. The molecule has 0 bridgehead atoms. The lowest BCUT2D eigenvalue weighted by Gasteiger charge is -2.22. The molecule has 2 aromatic carbocycles. The van der Waals surface area contributed by atoms with Gasteiger partial charge in [0.25, 0.3) is 5.91 Å². The van der Waals surface area contributed by atoms with E-state index in [1.54, 1.807) is 38.1 Å². The summed E-state index contributed by atoms with van der Waals surface area (Å²) in [6, 6.07) is 11.7. The van der Waals surface area contributed by atoms with Crippen LogP contribution in [0.4, 0.5) is 5.69 Å². The van der Waals surface area contributed by atoms with Gasteiger partial charge < -0.3 is 15.4 Å². The van der Waals surface area contributed by atoms with Crippen LogP contribution in [0.3, 0.4) is 0 Å². The van der Waals surface area contributed by atoms with Gasteiger partial charge in [-0.1, -0.05) is 26.0 Å². The Morgan fingerprint density at radius 1 is 0.969 bits per heavy atom. The third-order valence-corrected chi connectivity index (χ3v) is 6.16. The third kappa shape index (κ3) is 6.80. The smallest absolute Gasteiger partial charge is 0.255 e. The minimum atomic E-state index is -3.62. The maximum absolute atomic E-state index is 12.9. The van der Waals surface area contributed by atoms with Gasteiger partial charge in [-0.3, -0.25) is 9.59 Å². The van der Waals surface area contributed by atoms with Crippen molar-refractivity contribution in [3.05, 3.63) is 54.1 Å². The molecule has 0 aromatic heterocycles. The number of hydrogen-bond donors (Lipinski definition) is 3. The minimum Gasteiger partial charge on any atom is -0.493 e. The van der Waals surface area contributed by atoms with Crippen LogP contribution in [0.25, 0.3) is 0 Å². The van der Waals surface area contributed by atoms with Crippen LogP contribution < -0.4 is 20.1 Å². The number of amides is 2. The highest BCUT2D eigenvalue weighted by atomic mass is 32.2. The maximum atomic E-state index is 12.9. The fourth-order valence-corrected chi connectivity index (χ4v) is 4.26. The van der Waals surface area contributed by atoms with E-state index in [4.69, 9.17) is 4.74 Å². The zero-order chi connectivity index (χ0) is 23.9. The Balaban J connectivity index is 2.13. The van der Waals surface area contributed by atoms with Crippen molar-refractivity contribution in [2.75, 3.05) is 11.9 Å². The number of carbonyl (C=O) groups is 2. The lowest BCUT2D eigenvalue weighted by Crippen LogP contribution is -2.47. The first-order valence-electron chi connectivity index (χ1n) is 10.5. The Morgan fingerprint density at radius 2 is 1.59 bits per heavy atom. The van der Waals surface area contributed by atoms with Crippen LogP contribution in [-0.2, 0) is 14.8 Å². The zero-order valence-corrected chi connectivity index (χ0v) is 19.8. The molecule has 0 aliphatic rings.